The first kappa shape index (κ1) is 15.6. The third-order valence-corrected chi connectivity index (χ3v) is 3.75. The molecule has 0 atom stereocenters. The van der Waals surface area contributed by atoms with Crippen molar-refractivity contribution in [2.45, 2.75) is 33.9 Å². The topological polar surface area (TPSA) is 15.3 Å². The van der Waals surface area contributed by atoms with Gasteiger partial charge in [-0.1, -0.05) is 48.9 Å². The zero-order valence-corrected chi connectivity index (χ0v) is 13.6. The monoisotopic (exact) mass is 282 g/mol. The van der Waals surface area contributed by atoms with E-state index in [4.69, 9.17) is 0 Å². The molecule has 0 amide bonds. The van der Waals surface area contributed by atoms with E-state index < -0.39 is 0 Å². The number of nitrogens with one attached hydrogen (secondary N) is 1. The van der Waals surface area contributed by atoms with Crippen molar-refractivity contribution < 1.29 is 0 Å². The van der Waals surface area contributed by atoms with Crippen LogP contribution in [0.3, 0.4) is 0 Å². The van der Waals surface area contributed by atoms with Gasteiger partial charge in [-0.25, -0.2) is 0 Å². The van der Waals surface area contributed by atoms with Crippen molar-refractivity contribution in [1.82, 2.24) is 5.32 Å². The number of anilines is 1. The molecule has 0 aliphatic carbocycles. The molecule has 0 saturated heterocycles. The maximum Gasteiger partial charge on any atom is 0.0426 e. The molecule has 2 aromatic carbocycles. The highest BCUT2D eigenvalue weighted by atomic mass is 15.1. The van der Waals surface area contributed by atoms with E-state index in [1.807, 2.05) is 0 Å². The highest BCUT2D eigenvalue weighted by Crippen LogP contribution is 2.22. The summed E-state index contributed by atoms with van der Waals surface area (Å²) in [6.07, 6.45) is 0. The van der Waals surface area contributed by atoms with Gasteiger partial charge in [0.25, 0.3) is 0 Å². The van der Waals surface area contributed by atoms with Crippen LogP contribution < -0.4 is 10.2 Å². The summed E-state index contributed by atoms with van der Waals surface area (Å²) in [5, 5.41) is 3.37. The molecule has 0 bridgehead atoms. The summed E-state index contributed by atoms with van der Waals surface area (Å²) in [7, 11) is 2.16. The van der Waals surface area contributed by atoms with Crippen LogP contribution in [0, 0.1) is 13.8 Å². The lowest BCUT2D eigenvalue weighted by Gasteiger charge is -2.22. The van der Waals surface area contributed by atoms with Crippen molar-refractivity contribution in [2.24, 2.45) is 0 Å². The maximum absolute atomic E-state index is 3.37. The van der Waals surface area contributed by atoms with Crippen molar-refractivity contribution in [3.05, 3.63) is 64.7 Å². The van der Waals surface area contributed by atoms with Crippen LogP contribution in [0.15, 0.2) is 42.5 Å². The zero-order chi connectivity index (χ0) is 15.2. The SMILES string of the molecule is CCNCc1ccc(N(C)Cc2cccc(C)c2)c(C)c1. The van der Waals surface area contributed by atoms with Crippen LogP contribution >= 0.6 is 0 Å². The van der Waals surface area contributed by atoms with Gasteiger partial charge in [-0.2, -0.15) is 0 Å². The van der Waals surface area contributed by atoms with Crippen molar-refractivity contribution in [3.8, 4) is 0 Å². The van der Waals surface area contributed by atoms with E-state index in [0.29, 0.717) is 0 Å². The number of hydrogen-bond donors (Lipinski definition) is 1. The predicted molar refractivity (Wildman–Crippen MR) is 91.8 cm³/mol. The van der Waals surface area contributed by atoms with Gasteiger partial charge in [0.15, 0.2) is 0 Å². The van der Waals surface area contributed by atoms with Crippen molar-refractivity contribution >= 4 is 5.69 Å². The molecule has 0 aliphatic heterocycles. The van der Waals surface area contributed by atoms with Crippen LogP contribution in [0.5, 0.6) is 0 Å². The van der Waals surface area contributed by atoms with Gasteiger partial charge in [0.1, 0.15) is 0 Å². The molecule has 0 unspecified atom stereocenters. The maximum atomic E-state index is 3.37. The summed E-state index contributed by atoms with van der Waals surface area (Å²) >= 11 is 0. The number of benzene rings is 2. The Labute approximate surface area is 128 Å². The zero-order valence-electron chi connectivity index (χ0n) is 13.6. The van der Waals surface area contributed by atoms with Gasteiger partial charge >= 0.3 is 0 Å². The van der Waals surface area contributed by atoms with Gasteiger partial charge in [0, 0.05) is 25.8 Å². The third kappa shape index (κ3) is 4.33. The summed E-state index contributed by atoms with van der Waals surface area (Å²) in [6.45, 7) is 9.36. The number of rotatable bonds is 6. The molecule has 0 spiro atoms. The van der Waals surface area contributed by atoms with Gasteiger partial charge in [0.2, 0.25) is 0 Å². The first-order valence-electron chi connectivity index (χ1n) is 7.67. The standard InChI is InChI=1S/C19H26N2/c1-5-20-13-17-9-10-19(16(3)12-17)21(4)14-18-8-6-7-15(2)11-18/h6-12,20H,5,13-14H2,1-4H3. The van der Waals surface area contributed by atoms with E-state index in [2.05, 4.69) is 80.5 Å². The number of hydrogen-bond acceptors (Lipinski definition) is 2. The Morgan fingerprint density at radius 1 is 1.00 bits per heavy atom. The lowest BCUT2D eigenvalue weighted by atomic mass is 10.1. The second-order valence-electron chi connectivity index (χ2n) is 5.75. The van der Waals surface area contributed by atoms with Crippen LogP contribution in [0.1, 0.15) is 29.2 Å². The molecule has 0 radical (unpaired) electrons. The average Bonchev–Trinajstić information content (AvgIpc) is 2.45. The summed E-state index contributed by atoms with van der Waals surface area (Å²) in [5.41, 5.74) is 6.66. The average molecular weight is 282 g/mol. The molecule has 0 saturated carbocycles. The number of nitrogens with zero attached hydrogens (tertiary/aromatic N) is 1. The van der Waals surface area contributed by atoms with Gasteiger partial charge in [-0.3, -0.25) is 0 Å². The van der Waals surface area contributed by atoms with Gasteiger partial charge in [0.05, 0.1) is 0 Å². The van der Waals surface area contributed by atoms with Crippen molar-refractivity contribution in [2.75, 3.05) is 18.5 Å². The van der Waals surface area contributed by atoms with E-state index in [1.54, 1.807) is 0 Å². The fourth-order valence-electron chi connectivity index (χ4n) is 2.69. The summed E-state index contributed by atoms with van der Waals surface area (Å²) < 4.78 is 0. The molecule has 112 valence electrons. The molecule has 0 heterocycles. The minimum absolute atomic E-state index is 0.940. The molecular weight excluding hydrogens is 256 g/mol. The second-order valence-corrected chi connectivity index (χ2v) is 5.75. The van der Waals surface area contributed by atoms with Crippen molar-refractivity contribution in [3.63, 3.8) is 0 Å². The Morgan fingerprint density at radius 2 is 1.81 bits per heavy atom. The van der Waals surface area contributed by atoms with Gasteiger partial charge < -0.3 is 10.2 Å². The quantitative estimate of drug-likeness (QED) is 0.860. The second kappa shape index (κ2) is 7.28. The molecule has 2 heteroatoms. The molecule has 2 aromatic rings. The van der Waals surface area contributed by atoms with Crippen LogP contribution in [0.25, 0.3) is 0 Å². The Hall–Kier alpha value is -1.80. The van der Waals surface area contributed by atoms with Crippen molar-refractivity contribution in [1.29, 1.82) is 0 Å². The largest absolute Gasteiger partial charge is 0.370 e. The Bertz CT molecular complexity index is 590. The van der Waals surface area contributed by atoms with Gasteiger partial charge in [-0.05, 0) is 43.1 Å². The van der Waals surface area contributed by atoms with E-state index in [9.17, 15) is 0 Å². The van der Waals surface area contributed by atoms with E-state index in [0.717, 1.165) is 19.6 Å². The molecule has 2 nitrogen and oxygen atoms in total. The first-order chi connectivity index (χ1) is 10.1. The third-order valence-electron chi connectivity index (χ3n) is 3.75. The lowest BCUT2D eigenvalue weighted by Crippen LogP contribution is -2.18. The van der Waals surface area contributed by atoms with Crippen LogP contribution in [-0.2, 0) is 13.1 Å². The molecule has 21 heavy (non-hydrogen) atoms. The fraction of sp³-hybridized carbons (Fsp3) is 0.368. The number of aryl methyl sites for hydroxylation is 2. The minimum Gasteiger partial charge on any atom is -0.370 e. The minimum atomic E-state index is 0.940. The summed E-state index contributed by atoms with van der Waals surface area (Å²) in [6, 6.07) is 15.5. The van der Waals surface area contributed by atoms with Crippen LogP contribution in [-0.4, -0.2) is 13.6 Å². The normalized spacial score (nSPS) is 10.7. The van der Waals surface area contributed by atoms with E-state index in [1.165, 1.54) is 27.9 Å². The summed E-state index contributed by atoms with van der Waals surface area (Å²) in [4.78, 5) is 2.32. The first-order valence-corrected chi connectivity index (χ1v) is 7.67. The van der Waals surface area contributed by atoms with Gasteiger partial charge in [-0.15, -0.1) is 0 Å². The Kier molecular flexibility index (Phi) is 5.40. The Morgan fingerprint density at radius 3 is 2.48 bits per heavy atom. The fourth-order valence-corrected chi connectivity index (χ4v) is 2.69. The molecule has 0 aromatic heterocycles. The predicted octanol–water partition coefficient (Wildman–Crippen LogP) is 4.05. The Balaban J connectivity index is 2.10. The molecule has 1 N–H and O–H groups in total. The smallest absolute Gasteiger partial charge is 0.0426 e. The van der Waals surface area contributed by atoms with Crippen LogP contribution in [0.2, 0.25) is 0 Å². The summed E-state index contributed by atoms with van der Waals surface area (Å²) in [5.74, 6) is 0. The highest BCUT2D eigenvalue weighted by molar-refractivity contribution is 5.54. The van der Waals surface area contributed by atoms with E-state index in [-0.39, 0.29) is 0 Å². The molecule has 0 aliphatic rings. The van der Waals surface area contributed by atoms with Crippen LogP contribution in [0.4, 0.5) is 5.69 Å². The molecule has 2 rings (SSSR count). The molecular formula is C19H26N2. The lowest BCUT2D eigenvalue weighted by molar-refractivity contribution is 0.726. The highest BCUT2D eigenvalue weighted by Gasteiger charge is 2.06. The van der Waals surface area contributed by atoms with E-state index >= 15 is 0 Å². The molecule has 0 fully saturated rings.